The number of carbonyl (C=O) groups is 1. The molecule has 1 amide bonds. The first-order valence-electron chi connectivity index (χ1n) is 6.89. The van der Waals surface area contributed by atoms with Gasteiger partial charge < -0.3 is 14.8 Å². The molecule has 0 heterocycles. The van der Waals surface area contributed by atoms with Gasteiger partial charge in [-0.15, -0.1) is 0 Å². The monoisotopic (exact) mass is 299 g/mol. The van der Waals surface area contributed by atoms with Gasteiger partial charge in [-0.05, 0) is 38.5 Å². The van der Waals surface area contributed by atoms with E-state index in [-0.39, 0.29) is 5.91 Å². The smallest absolute Gasteiger partial charge is 0.249 e. The second-order valence-electron chi connectivity index (χ2n) is 4.42. The van der Waals surface area contributed by atoms with E-state index in [0.717, 1.165) is 17.7 Å². The normalized spacial score (nSPS) is 12.0. The maximum Gasteiger partial charge on any atom is 0.249 e. The summed E-state index contributed by atoms with van der Waals surface area (Å²) in [4.78, 5) is 11.8. The number of carbonyl (C=O) groups excluding carboxylic acids is 1. The van der Waals surface area contributed by atoms with Crippen LogP contribution in [0, 0.1) is 0 Å². The Bertz CT molecular complexity index is 437. The molecule has 0 radical (unpaired) electrons. The molecule has 0 fully saturated rings. The third kappa shape index (κ3) is 5.39. The maximum atomic E-state index is 11.8. The highest BCUT2D eigenvalue weighted by Crippen LogP contribution is 2.23. The molecule has 1 aromatic rings. The summed E-state index contributed by atoms with van der Waals surface area (Å²) >= 11 is 5.99. The Kier molecular flexibility index (Phi) is 7.41. The summed E-state index contributed by atoms with van der Waals surface area (Å²) < 4.78 is 10.9. The topological polar surface area (TPSA) is 47.6 Å². The van der Waals surface area contributed by atoms with Crippen LogP contribution < -0.4 is 10.1 Å². The predicted molar refractivity (Wildman–Crippen MR) is 80.2 cm³/mol. The van der Waals surface area contributed by atoms with Crippen LogP contribution in [-0.2, 0) is 16.1 Å². The molecule has 20 heavy (non-hydrogen) atoms. The van der Waals surface area contributed by atoms with E-state index in [1.165, 1.54) is 0 Å². The molecule has 0 aliphatic heterocycles. The predicted octanol–water partition coefficient (Wildman–Crippen LogP) is 3.17. The van der Waals surface area contributed by atoms with E-state index in [9.17, 15) is 4.79 Å². The molecule has 112 valence electrons. The quantitative estimate of drug-likeness (QED) is 0.802. The van der Waals surface area contributed by atoms with Crippen molar-refractivity contribution in [2.24, 2.45) is 0 Å². The van der Waals surface area contributed by atoms with Gasteiger partial charge in [0, 0.05) is 23.7 Å². The van der Waals surface area contributed by atoms with E-state index in [0.29, 0.717) is 24.8 Å². The van der Waals surface area contributed by atoms with E-state index in [2.05, 4.69) is 5.32 Å². The molecule has 0 saturated heterocycles. The average Bonchev–Trinajstić information content (AvgIpc) is 2.44. The first kappa shape index (κ1) is 16.8. The summed E-state index contributed by atoms with van der Waals surface area (Å²) in [5, 5.41) is 3.45. The molecule has 1 aromatic carbocycles. The van der Waals surface area contributed by atoms with Gasteiger partial charge in [0.15, 0.2) is 0 Å². The SMILES string of the molecule is CCCOc1ccc(Cl)cc1CNC(=O)C(C)OCC. The Labute approximate surface area is 125 Å². The van der Waals surface area contributed by atoms with Crippen LogP contribution in [0.4, 0.5) is 0 Å². The van der Waals surface area contributed by atoms with Crippen LogP contribution in [0.15, 0.2) is 18.2 Å². The number of ether oxygens (including phenoxy) is 2. The lowest BCUT2D eigenvalue weighted by molar-refractivity contribution is -0.131. The van der Waals surface area contributed by atoms with Crippen molar-refractivity contribution in [1.82, 2.24) is 5.32 Å². The van der Waals surface area contributed by atoms with E-state index >= 15 is 0 Å². The summed E-state index contributed by atoms with van der Waals surface area (Å²) in [6.45, 7) is 7.15. The summed E-state index contributed by atoms with van der Waals surface area (Å²) in [5.41, 5.74) is 0.864. The van der Waals surface area contributed by atoms with Crippen molar-refractivity contribution in [2.45, 2.75) is 39.8 Å². The summed E-state index contributed by atoms with van der Waals surface area (Å²) in [6.07, 6.45) is 0.467. The fourth-order valence-electron chi connectivity index (χ4n) is 1.69. The van der Waals surface area contributed by atoms with Crippen LogP contribution in [0.1, 0.15) is 32.8 Å². The third-order valence-corrected chi connectivity index (χ3v) is 2.96. The number of amides is 1. The summed E-state index contributed by atoms with van der Waals surface area (Å²) in [7, 11) is 0. The summed E-state index contributed by atoms with van der Waals surface area (Å²) in [6, 6.07) is 5.41. The molecule has 4 nitrogen and oxygen atoms in total. The van der Waals surface area contributed by atoms with Crippen molar-refractivity contribution in [2.75, 3.05) is 13.2 Å². The minimum Gasteiger partial charge on any atom is -0.493 e. The molecule has 0 aromatic heterocycles. The number of rotatable bonds is 8. The van der Waals surface area contributed by atoms with Gasteiger partial charge in [-0.1, -0.05) is 18.5 Å². The molecule has 0 bridgehead atoms. The standard InChI is InChI=1S/C15H22ClNO3/c1-4-8-20-14-7-6-13(16)9-12(14)10-17-15(18)11(3)19-5-2/h6-7,9,11H,4-5,8,10H2,1-3H3,(H,17,18). The molecule has 1 atom stereocenters. The molecular formula is C15H22ClNO3. The Hall–Kier alpha value is -1.26. The van der Waals surface area contributed by atoms with Crippen LogP contribution in [0.25, 0.3) is 0 Å². The molecule has 0 aliphatic rings. The largest absolute Gasteiger partial charge is 0.493 e. The zero-order valence-electron chi connectivity index (χ0n) is 12.2. The minimum absolute atomic E-state index is 0.145. The molecule has 0 aliphatic carbocycles. The highest BCUT2D eigenvalue weighted by Gasteiger charge is 2.13. The van der Waals surface area contributed by atoms with Gasteiger partial charge in [-0.3, -0.25) is 4.79 Å². The van der Waals surface area contributed by atoms with Crippen LogP contribution in [0.2, 0.25) is 5.02 Å². The molecule has 1 unspecified atom stereocenters. The second-order valence-corrected chi connectivity index (χ2v) is 4.85. The third-order valence-electron chi connectivity index (χ3n) is 2.72. The number of halogens is 1. The molecule has 5 heteroatoms. The lowest BCUT2D eigenvalue weighted by Gasteiger charge is -2.15. The van der Waals surface area contributed by atoms with E-state index < -0.39 is 6.10 Å². The molecule has 1 N–H and O–H groups in total. The fraction of sp³-hybridized carbons (Fsp3) is 0.533. The Balaban J connectivity index is 2.65. The first-order chi connectivity index (χ1) is 9.58. The van der Waals surface area contributed by atoms with Crippen molar-refractivity contribution >= 4 is 17.5 Å². The van der Waals surface area contributed by atoms with Gasteiger partial charge in [-0.25, -0.2) is 0 Å². The van der Waals surface area contributed by atoms with Gasteiger partial charge in [-0.2, -0.15) is 0 Å². The highest BCUT2D eigenvalue weighted by molar-refractivity contribution is 6.30. The lowest BCUT2D eigenvalue weighted by atomic mass is 10.2. The van der Waals surface area contributed by atoms with Crippen LogP contribution in [0.3, 0.4) is 0 Å². The minimum atomic E-state index is -0.459. The summed E-state index contributed by atoms with van der Waals surface area (Å²) in [5.74, 6) is 0.605. The molecule has 0 spiro atoms. The Morgan fingerprint density at radius 2 is 2.15 bits per heavy atom. The van der Waals surface area contributed by atoms with Gasteiger partial charge in [0.2, 0.25) is 5.91 Å². The van der Waals surface area contributed by atoms with Gasteiger partial charge in [0.25, 0.3) is 0 Å². The van der Waals surface area contributed by atoms with E-state index in [1.54, 1.807) is 19.1 Å². The van der Waals surface area contributed by atoms with Gasteiger partial charge in [0.05, 0.1) is 6.61 Å². The first-order valence-corrected chi connectivity index (χ1v) is 7.26. The van der Waals surface area contributed by atoms with Gasteiger partial charge >= 0.3 is 0 Å². The van der Waals surface area contributed by atoms with Crippen molar-refractivity contribution in [1.29, 1.82) is 0 Å². The average molecular weight is 300 g/mol. The van der Waals surface area contributed by atoms with Crippen LogP contribution >= 0.6 is 11.6 Å². The zero-order chi connectivity index (χ0) is 15.0. The molecule has 0 saturated carbocycles. The van der Waals surface area contributed by atoms with Crippen molar-refractivity contribution in [3.8, 4) is 5.75 Å². The van der Waals surface area contributed by atoms with E-state index in [1.807, 2.05) is 19.9 Å². The van der Waals surface area contributed by atoms with Crippen LogP contribution in [-0.4, -0.2) is 25.2 Å². The lowest BCUT2D eigenvalue weighted by Crippen LogP contribution is -2.34. The zero-order valence-corrected chi connectivity index (χ0v) is 13.0. The number of nitrogens with one attached hydrogen (secondary N) is 1. The van der Waals surface area contributed by atoms with Crippen molar-refractivity contribution in [3.05, 3.63) is 28.8 Å². The highest BCUT2D eigenvalue weighted by atomic mass is 35.5. The second kappa shape index (κ2) is 8.82. The molecule has 1 rings (SSSR count). The van der Waals surface area contributed by atoms with Crippen molar-refractivity contribution in [3.63, 3.8) is 0 Å². The Morgan fingerprint density at radius 1 is 1.40 bits per heavy atom. The fourth-order valence-corrected chi connectivity index (χ4v) is 1.89. The number of hydrogen-bond acceptors (Lipinski definition) is 3. The van der Waals surface area contributed by atoms with Crippen LogP contribution in [0.5, 0.6) is 5.75 Å². The van der Waals surface area contributed by atoms with Gasteiger partial charge in [0.1, 0.15) is 11.9 Å². The van der Waals surface area contributed by atoms with E-state index in [4.69, 9.17) is 21.1 Å². The van der Waals surface area contributed by atoms with Crippen molar-refractivity contribution < 1.29 is 14.3 Å². The maximum absolute atomic E-state index is 11.8. The number of benzene rings is 1. The Morgan fingerprint density at radius 3 is 2.80 bits per heavy atom. The number of hydrogen-bond donors (Lipinski definition) is 1. The molecular weight excluding hydrogens is 278 g/mol.